The molecule has 5 nitrogen and oxygen atoms in total. The highest BCUT2D eigenvalue weighted by Gasteiger charge is 2.30. The Kier molecular flexibility index (Phi) is 8.38. The first-order valence-corrected chi connectivity index (χ1v) is 10.2. The number of rotatable bonds is 7. The first-order valence-electron chi connectivity index (χ1n) is 8.69. The molecule has 1 aliphatic carbocycles. The van der Waals surface area contributed by atoms with Gasteiger partial charge in [0, 0.05) is 18.2 Å². The van der Waals surface area contributed by atoms with Gasteiger partial charge in [-0.2, -0.15) is 0 Å². The predicted molar refractivity (Wildman–Crippen MR) is 103 cm³/mol. The molecule has 1 aliphatic rings. The fourth-order valence-electron chi connectivity index (χ4n) is 3.24. The van der Waals surface area contributed by atoms with Crippen molar-refractivity contribution in [3.8, 4) is 0 Å². The van der Waals surface area contributed by atoms with E-state index in [1.165, 1.54) is 0 Å². The van der Waals surface area contributed by atoms with Gasteiger partial charge in [-0.25, -0.2) is 8.42 Å². The molecule has 1 unspecified atom stereocenters. The number of carbonyl (C=O) groups excluding carboxylic acids is 1. The minimum Gasteiger partial charge on any atom is -0.348 e. The average Bonchev–Trinajstić information content (AvgIpc) is 3.09. The maximum Gasteiger partial charge on any atom is 0.251 e. The molecule has 1 saturated carbocycles. The Balaban J connectivity index is 0.00000312. The van der Waals surface area contributed by atoms with E-state index in [-0.39, 0.29) is 29.6 Å². The first kappa shape index (κ1) is 21.9. The number of halogens is 1. The summed E-state index contributed by atoms with van der Waals surface area (Å²) in [6.07, 6.45) is 4.23. The van der Waals surface area contributed by atoms with Gasteiger partial charge in [-0.05, 0) is 49.4 Å². The molecule has 142 valence electrons. The van der Waals surface area contributed by atoms with Crippen LogP contribution in [0.15, 0.2) is 29.2 Å². The molecule has 0 saturated heterocycles. The normalized spacial score (nSPS) is 16.5. The van der Waals surface area contributed by atoms with Gasteiger partial charge in [0.15, 0.2) is 9.84 Å². The molecular formula is C18H29ClN2O3S. The van der Waals surface area contributed by atoms with Gasteiger partial charge >= 0.3 is 0 Å². The molecule has 1 atom stereocenters. The van der Waals surface area contributed by atoms with Gasteiger partial charge in [0.25, 0.3) is 5.91 Å². The third kappa shape index (κ3) is 5.69. The van der Waals surface area contributed by atoms with Crippen LogP contribution in [0.2, 0.25) is 0 Å². The van der Waals surface area contributed by atoms with Crippen LogP contribution in [-0.2, 0) is 9.84 Å². The Morgan fingerprint density at radius 1 is 1.20 bits per heavy atom. The van der Waals surface area contributed by atoms with Gasteiger partial charge in [-0.15, -0.1) is 12.4 Å². The second kappa shape index (κ2) is 9.55. The Morgan fingerprint density at radius 3 is 2.24 bits per heavy atom. The zero-order valence-corrected chi connectivity index (χ0v) is 16.5. The lowest BCUT2D eigenvalue weighted by Crippen LogP contribution is -2.41. The number of carbonyl (C=O) groups is 1. The molecule has 0 bridgehead atoms. The third-order valence-corrected chi connectivity index (χ3v) is 6.84. The van der Waals surface area contributed by atoms with Crippen LogP contribution >= 0.6 is 12.4 Å². The molecule has 0 aliphatic heterocycles. The third-order valence-electron chi connectivity index (χ3n) is 4.56. The van der Waals surface area contributed by atoms with E-state index < -0.39 is 9.84 Å². The predicted octanol–water partition coefficient (Wildman–Crippen LogP) is 2.93. The summed E-state index contributed by atoms with van der Waals surface area (Å²) >= 11 is 0. The van der Waals surface area contributed by atoms with E-state index in [0.717, 1.165) is 32.1 Å². The van der Waals surface area contributed by atoms with Gasteiger partial charge in [-0.3, -0.25) is 4.79 Å². The number of hydrogen-bond acceptors (Lipinski definition) is 4. The number of amides is 1. The molecule has 2 rings (SSSR count). The van der Waals surface area contributed by atoms with Crippen LogP contribution in [0.4, 0.5) is 0 Å². The minimum absolute atomic E-state index is 0. The fraction of sp³-hybridized carbons (Fsp3) is 0.611. The highest BCUT2D eigenvalue weighted by molar-refractivity contribution is 7.92. The Hall–Kier alpha value is -1.11. The van der Waals surface area contributed by atoms with Crippen molar-refractivity contribution in [1.82, 2.24) is 5.32 Å². The lowest BCUT2D eigenvalue weighted by atomic mass is 10.0. The largest absolute Gasteiger partial charge is 0.348 e. The summed E-state index contributed by atoms with van der Waals surface area (Å²) in [5.41, 5.74) is 6.17. The summed E-state index contributed by atoms with van der Waals surface area (Å²) in [6.45, 7) is 4.55. The second-order valence-corrected chi connectivity index (χ2v) is 9.24. The zero-order valence-electron chi connectivity index (χ0n) is 14.9. The molecule has 25 heavy (non-hydrogen) atoms. The van der Waals surface area contributed by atoms with Crippen LogP contribution in [0.3, 0.4) is 0 Å². The number of nitrogens with one attached hydrogen (secondary N) is 1. The van der Waals surface area contributed by atoms with Crippen molar-refractivity contribution in [1.29, 1.82) is 0 Å². The lowest BCUT2D eigenvalue weighted by Gasteiger charge is -2.19. The topological polar surface area (TPSA) is 89.3 Å². The molecule has 1 aromatic rings. The van der Waals surface area contributed by atoms with Crippen LogP contribution in [0.1, 0.15) is 56.3 Å². The van der Waals surface area contributed by atoms with Gasteiger partial charge < -0.3 is 11.1 Å². The first-order chi connectivity index (χ1) is 11.3. The second-order valence-electron chi connectivity index (χ2n) is 7.01. The summed E-state index contributed by atoms with van der Waals surface area (Å²) in [6, 6.07) is 6.19. The SMILES string of the molecule is CC(C)CC(CN)NC(=O)c1ccc(S(=O)(=O)C2CCCC2)cc1.Cl. The Bertz CT molecular complexity index is 653. The highest BCUT2D eigenvalue weighted by atomic mass is 35.5. The van der Waals surface area contributed by atoms with E-state index in [1.807, 2.05) is 0 Å². The van der Waals surface area contributed by atoms with Crippen LogP contribution in [0, 0.1) is 5.92 Å². The Morgan fingerprint density at radius 2 is 1.76 bits per heavy atom. The van der Waals surface area contributed by atoms with Crippen molar-refractivity contribution in [3.63, 3.8) is 0 Å². The average molecular weight is 389 g/mol. The summed E-state index contributed by atoms with van der Waals surface area (Å²) in [5.74, 6) is 0.230. The van der Waals surface area contributed by atoms with Gasteiger partial charge in [0.2, 0.25) is 0 Å². The summed E-state index contributed by atoms with van der Waals surface area (Å²) in [7, 11) is -3.28. The van der Waals surface area contributed by atoms with Crippen LogP contribution < -0.4 is 11.1 Å². The summed E-state index contributed by atoms with van der Waals surface area (Å²) < 4.78 is 25.1. The van der Waals surface area contributed by atoms with Crippen LogP contribution in [0.5, 0.6) is 0 Å². The van der Waals surface area contributed by atoms with Crippen molar-refractivity contribution >= 4 is 28.2 Å². The van der Waals surface area contributed by atoms with Crippen molar-refractivity contribution in [3.05, 3.63) is 29.8 Å². The standard InChI is InChI=1S/C18H28N2O3S.ClH/c1-13(2)11-15(12-19)20-18(21)14-7-9-17(10-8-14)24(22,23)16-5-3-4-6-16;/h7-10,13,15-16H,3-6,11-12,19H2,1-2H3,(H,20,21);1H. The van der Waals surface area contributed by atoms with Crippen molar-refractivity contribution < 1.29 is 13.2 Å². The van der Waals surface area contributed by atoms with Gasteiger partial charge in [-0.1, -0.05) is 26.7 Å². The molecular weight excluding hydrogens is 360 g/mol. The van der Waals surface area contributed by atoms with Crippen molar-refractivity contribution in [2.45, 2.75) is 62.1 Å². The maximum atomic E-state index is 12.5. The Labute approximate surface area is 157 Å². The quantitative estimate of drug-likeness (QED) is 0.751. The minimum atomic E-state index is -3.28. The van der Waals surface area contributed by atoms with Crippen LogP contribution in [-0.4, -0.2) is 32.2 Å². The zero-order chi connectivity index (χ0) is 17.7. The monoisotopic (exact) mass is 388 g/mol. The molecule has 1 amide bonds. The van der Waals surface area contributed by atoms with E-state index in [0.29, 0.717) is 22.9 Å². The van der Waals surface area contributed by atoms with E-state index in [9.17, 15) is 13.2 Å². The maximum absolute atomic E-state index is 12.5. The molecule has 7 heteroatoms. The molecule has 0 spiro atoms. The van der Waals surface area contributed by atoms with Crippen molar-refractivity contribution in [2.24, 2.45) is 11.7 Å². The molecule has 0 aromatic heterocycles. The van der Waals surface area contributed by atoms with Gasteiger partial charge in [0.05, 0.1) is 10.1 Å². The molecule has 0 heterocycles. The molecule has 1 fully saturated rings. The summed E-state index contributed by atoms with van der Waals surface area (Å²) in [5, 5.41) is 2.64. The van der Waals surface area contributed by atoms with E-state index >= 15 is 0 Å². The molecule has 3 N–H and O–H groups in total. The fourth-order valence-corrected chi connectivity index (χ4v) is 5.09. The lowest BCUT2D eigenvalue weighted by molar-refractivity contribution is 0.0933. The van der Waals surface area contributed by atoms with E-state index in [1.54, 1.807) is 24.3 Å². The van der Waals surface area contributed by atoms with Gasteiger partial charge in [0.1, 0.15) is 0 Å². The molecule has 1 aromatic carbocycles. The number of hydrogen-bond donors (Lipinski definition) is 2. The smallest absolute Gasteiger partial charge is 0.251 e. The van der Waals surface area contributed by atoms with Crippen molar-refractivity contribution in [2.75, 3.05) is 6.54 Å². The summed E-state index contributed by atoms with van der Waals surface area (Å²) in [4.78, 5) is 12.6. The van der Waals surface area contributed by atoms with Crippen LogP contribution in [0.25, 0.3) is 0 Å². The number of nitrogens with two attached hydrogens (primary N) is 1. The van der Waals surface area contributed by atoms with E-state index in [2.05, 4.69) is 19.2 Å². The van der Waals surface area contributed by atoms with E-state index in [4.69, 9.17) is 5.73 Å². The highest BCUT2D eigenvalue weighted by Crippen LogP contribution is 2.29. The molecule has 0 radical (unpaired) electrons. The number of benzene rings is 1. The number of sulfone groups is 1.